The van der Waals surface area contributed by atoms with Crippen LogP contribution in [-0.4, -0.2) is 27.6 Å². The molecule has 134 valence electrons. The van der Waals surface area contributed by atoms with Crippen molar-refractivity contribution in [2.45, 2.75) is 12.8 Å². The van der Waals surface area contributed by atoms with Crippen molar-refractivity contribution in [3.63, 3.8) is 0 Å². The summed E-state index contributed by atoms with van der Waals surface area (Å²) in [7, 11) is 0. The number of carbonyl (C=O) groups excluding carboxylic acids is 2. The van der Waals surface area contributed by atoms with Crippen molar-refractivity contribution in [2.75, 3.05) is 11.9 Å². The highest BCUT2D eigenvalue weighted by atomic mass is 79.9. The van der Waals surface area contributed by atoms with Gasteiger partial charge in [0.15, 0.2) is 0 Å². The van der Waals surface area contributed by atoms with Gasteiger partial charge in [0.25, 0.3) is 5.91 Å². The fourth-order valence-corrected chi connectivity index (χ4v) is 4.04. The first-order chi connectivity index (χ1) is 12.5. The molecule has 0 aliphatic carbocycles. The first-order valence-electron chi connectivity index (χ1n) is 7.88. The summed E-state index contributed by atoms with van der Waals surface area (Å²) in [5, 5.41) is 2.85. The third kappa shape index (κ3) is 4.63. The van der Waals surface area contributed by atoms with Crippen molar-refractivity contribution >= 4 is 67.8 Å². The number of rotatable bonds is 6. The van der Waals surface area contributed by atoms with Crippen molar-refractivity contribution in [3.05, 3.63) is 57.8 Å². The number of benzene rings is 1. The van der Waals surface area contributed by atoms with Gasteiger partial charge >= 0.3 is 0 Å². The number of thioether (sulfide) groups is 1. The van der Waals surface area contributed by atoms with Crippen LogP contribution >= 0.6 is 39.9 Å². The molecule has 0 saturated carbocycles. The quantitative estimate of drug-likeness (QED) is 0.511. The van der Waals surface area contributed by atoms with Crippen LogP contribution in [0.4, 0.5) is 5.69 Å². The Morgan fingerprint density at radius 2 is 2.12 bits per heavy atom. The lowest BCUT2D eigenvalue weighted by atomic mass is 10.2. The number of nitrogens with one attached hydrogen (secondary N) is 1. The van der Waals surface area contributed by atoms with Gasteiger partial charge in [0.05, 0.1) is 16.9 Å². The summed E-state index contributed by atoms with van der Waals surface area (Å²) < 4.78 is 6.56. The second-order valence-corrected chi connectivity index (χ2v) is 8.01. The average Bonchev–Trinajstić information content (AvgIpc) is 3.21. The van der Waals surface area contributed by atoms with Gasteiger partial charge in [-0.05, 0) is 46.6 Å². The van der Waals surface area contributed by atoms with Gasteiger partial charge in [-0.15, -0.1) is 0 Å². The van der Waals surface area contributed by atoms with Crippen LogP contribution in [0.2, 0.25) is 0 Å². The lowest BCUT2D eigenvalue weighted by Crippen LogP contribution is -2.29. The van der Waals surface area contributed by atoms with Crippen LogP contribution in [0.25, 0.3) is 6.08 Å². The predicted molar refractivity (Wildman–Crippen MR) is 111 cm³/mol. The lowest BCUT2D eigenvalue weighted by molar-refractivity contribution is -0.122. The number of halogens is 1. The van der Waals surface area contributed by atoms with Crippen LogP contribution in [0.1, 0.15) is 18.6 Å². The molecule has 26 heavy (non-hydrogen) atoms. The summed E-state index contributed by atoms with van der Waals surface area (Å²) in [5.41, 5.74) is 0.726. The molecule has 1 saturated heterocycles. The van der Waals surface area contributed by atoms with E-state index < -0.39 is 0 Å². The monoisotopic (exact) mass is 450 g/mol. The number of anilines is 1. The molecule has 5 nitrogen and oxygen atoms in total. The van der Waals surface area contributed by atoms with Gasteiger partial charge in [-0.2, -0.15) is 0 Å². The number of thiocarbonyl (C=S) groups is 1. The van der Waals surface area contributed by atoms with Crippen molar-refractivity contribution < 1.29 is 14.0 Å². The van der Waals surface area contributed by atoms with E-state index in [4.69, 9.17) is 16.6 Å². The molecule has 1 fully saturated rings. The third-order valence-corrected chi connectivity index (χ3v) is 5.69. The van der Waals surface area contributed by atoms with Crippen molar-refractivity contribution in [3.8, 4) is 0 Å². The highest BCUT2D eigenvalue weighted by molar-refractivity contribution is 9.10. The smallest absolute Gasteiger partial charge is 0.266 e. The maximum atomic E-state index is 12.5. The van der Waals surface area contributed by atoms with E-state index in [0.717, 1.165) is 10.2 Å². The fourth-order valence-electron chi connectivity index (χ4n) is 2.37. The van der Waals surface area contributed by atoms with E-state index in [9.17, 15) is 9.59 Å². The van der Waals surface area contributed by atoms with Gasteiger partial charge < -0.3 is 9.73 Å². The second kappa shape index (κ2) is 8.66. The first-order valence-corrected chi connectivity index (χ1v) is 9.89. The van der Waals surface area contributed by atoms with Crippen LogP contribution < -0.4 is 5.32 Å². The fraction of sp³-hybridized carbons (Fsp3) is 0.167. The Balaban J connectivity index is 1.52. The number of hydrogen-bond donors (Lipinski definition) is 1. The molecular weight excluding hydrogens is 436 g/mol. The molecule has 1 aliphatic heterocycles. The summed E-state index contributed by atoms with van der Waals surface area (Å²) in [6.45, 7) is 0.406. The molecule has 1 aromatic heterocycles. The van der Waals surface area contributed by atoms with Gasteiger partial charge in [-0.1, -0.05) is 36.1 Å². The van der Waals surface area contributed by atoms with Crippen LogP contribution in [0.3, 0.4) is 0 Å². The molecule has 2 amide bonds. The number of para-hydroxylation sites is 1. The van der Waals surface area contributed by atoms with E-state index in [0.29, 0.717) is 34.4 Å². The normalized spacial score (nSPS) is 15.7. The number of furan rings is 1. The average molecular weight is 451 g/mol. The third-order valence-electron chi connectivity index (χ3n) is 3.62. The number of carbonyl (C=O) groups is 2. The van der Waals surface area contributed by atoms with Crippen molar-refractivity contribution in [1.82, 2.24) is 4.90 Å². The topological polar surface area (TPSA) is 62.6 Å². The molecule has 8 heteroatoms. The zero-order valence-electron chi connectivity index (χ0n) is 13.6. The SMILES string of the molecule is O=C(CCCN1C(=O)C(=Cc2ccco2)SC1=S)Nc1ccccc1Br. The van der Waals surface area contributed by atoms with E-state index in [1.807, 2.05) is 24.3 Å². The molecule has 0 spiro atoms. The summed E-state index contributed by atoms with van der Waals surface area (Å²) in [6, 6.07) is 11.0. The summed E-state index contributed by atoms with van der Waals surface area (Å²) >= 11 is 9.92. The number of hydrogen-bond acceptors (Lipinski definition) is 5. The minimum Gasteiger partial charge on any atom is -0.465 e. The molecule has 1 aromatic carbocycles. The van der Waals surface area contributed by atoms with Crippen LogP contribution in [0.5, 0.6) is 0 Å². The van der Waals surface area contributed by atoms with Crippen molar-refractivity contribution in [2.24, 2.45) is 0 Å². The minimum absolute atomic E-state index is 0.103. The first kappa shape index (κ1) is 18.9. The van der Waals surface area contributed by atoms with E-state index in [2.05, 4.69) is 21.2 Å². The standard InChI is InChI=1S/C18H15BrN2O3S2/c19-13-6-1-2-7-14(13)20-16(22)8-3-9-21-17(23)15(26-18(21)25)11-12-5-4-10-24-12/h1-2,4-7,10-11H,3,8-9H2,(H,20,22). The lowest BCUT2D eigenvalue weighted by Gasteiger charge is -2.14. The molecule has 0 unspecified atom stereocenters. The van der Waals surface area contributed by atoms with Gasteiger partial charge in [-0.3, -0.25) is 14.5 Å². The van der Waals surface area contributed by atoms with E-state index in [1.54, 1.807) is 24.5 Å². The zero-order chi connectivity index (χ0) is 18.5. The van der Waals surface area contributed by atoms with Crippen molar-refractivity contribution in [1.29, 1.82) is 0 Å². The Hall–Kier alpha value is -1.90. The molecule has 2 aromatic rings. The van der Waals surface area contributed by atoms with Crippen LogP contribution in [-0.2, 0) is 9.59 Å². The van der Waals surface area contributed by atoms with E-state index >= 15 is 0 Å². The molecule has 3 rings (SSSR count). The number of nitrogens with zero attached hydrogens (tertiary/aromatic N) is 1. The molecule has 0 atom stereocenters. The Bertz CT molecular complexity index is 865. The summed E-state index contributed by atoms with van der Waals surface area (Å²) in [6.07, 6.45) is 4.06. The van der Waals surface area contributed by atoms with E-state index in [-0.39, 0.29) is 11.8 Å². The molecular formula is C18H15BrN2O3S2. The number of amides is 2. The Kier molecular flexibility index (Phi) is 6.29. The predicted octanol–water partition coefficient (Wildman–Crippen LogP) is 4.66. The maximum Gasteiger partial charge on any atom is 0.266 e. The largest absolute Gasteiger partial charge is 0.465 e. The Morgan fingerprint density at radius 1 is 1.31 bits per heavy atom. The van der Waals surface area contributed by atoms with Gasteiger partial charge in [0, 0.05) is 23.5 Å². The molecule has 1 aliphatic rings. The maximum absolute atomic E-state index is 12.5. The summed E-state index contributed by atoms with van der Waals surface area (Å²) in [4.78, 5) is 26.6. The summed E-state index contributed by atoms with van der Waals surface area (Å²) in [5.74, 6) is 0.356. The van der Waals surface area contributed by atoms with Crippen LogP contribution in [0.15, 0.2) is 56.5 Å². The zero-order valence-corrected chi connectivity index (χ0v) is 16.8. The highest BCUT2D eigenvalue weighted by Crippen LogP contribution is 2.32. The van der Waals surface area contributed by atoms with Crippen LogP contribution in [0, 0.1) is 0 Å². The van der Waals surface area contributed by atoms with Gasteiger partial charge in [0.1, 0.15) is 10.1 Å². The molecule has 0 bridgehead atoms. The highest BCUT2D eigenvalue weighted by Gasteiger charge is 2.31. The Labute approximate surface area is 168 Å². The Morgan fingerprint density at radius 3 is 2.85 bits per heavy atom. The van der Waals surface area contributed by atoms with Gasteiger partial charge in [-0.25, -0.2) is 0 Å². The molecule has 0 radical (unpaired) electrons. The molecule has 2 heterocycles. The second-order valence-electron chi connectivity index (χ2n) is 5.48. The van der Waals surface area contributed by atoms with E-state index in [1.165, 1.54) is 16.7 Å². The molecule has 1 N–H and O–H groups in total. The minimum atomic E-state index is -0.150. The van der Waals surface area contributed by atoms with Gasteiger partial charge in [0.2, 0.25) is 5.91 Å².